The zero-order chi connectivity index (χ0) is 11.5. The number of aromatic nitrogens is 2. The third kappa shape index (κ3) is 2.68. The highest BCUT2D eigenvalue weighted by Gasteiger charge is 2.24. The minimum atomic E-state index is -0.386. The van der Waals surface area contributed by atoms with Crippen molar-refractivity contribution in [2.75, 3.05) is 11.9 Å². The molecule has 1 atom stereocenters. The van der Waals surface area contributed by atoms with E-state index in [1.165, 1.54) is 0 Å². The molecule has 16 heavy (non-hydrogen) atoms. The Hall–Kier alpha value is -1.20. The largest absolute Gasteiger partial charge is 0.368 e. The van der Waals surface area contributed by atoms with Crippen LogP contribution in [-0.2, 0) is 9.53 Å². The van der Waals surface area contributed by atoms with Gasteiger partial charge < -0.3 is 4.74 Å². The number of hydrogen-bond acceptors (Lipinski definition) is 4. The third-order valence-electron chi connectivity index (χ3n) is 2.28. The van der Waals surface area contributed by atoms with Crippen LogP contribution in [0.15, 0.2) is 6.07 Å². The Morgan fingerprint density at radius 3 is 3.06 bits per heavy atom. The Balaban J connectivity index is 2.05. The number of nitrogens with zero attached hydrogens (tertiary/aromatic N) is 2. The standard InChI is InChI=1S/C10H12ClN3O2/c1-6-5-8(11)13-10(12-6)14-9(15)7-3-2-4-16-7/h5,7H,2-4H2,1H3,(H,12,13,14,15). The molecule has 86 valence electrons. The average Bonchev–Trinajstić information content (AvgIpc) is 2.68. The Labute approximate surface area is 98.2 Å². The Morgan fingerprint density at radius 1 is 1.62 bits per heavy atom. The normalized spacial score (nSPS) is 19.8. The van der Waals surface area contributed by atoms with Crippen LogP contribution in [0.3, 0.4) is 0 Å². The van der Waals surface area contributed by atoms with Gasteiger partial charge in [-0.05, 0) is 25.8 Å². The van der Waals surface area contributed by atoms with E-state index in [0.29, 0.717) is 17.5 Å². The van der Waals surface area contributed by atoms with Gasteiger partial charge in [-0.25, -0.2) is 9.97 Å². The van der Waals surface area contributed by atoms with Crippen molar-refractivity contribution in [3.05, 3.63) is 16.9 Å². The highest BCUT2D eigenvalue weighted by Crippen LogP contribution is 2.15. The van der Waals surface area contributed by atoms with Gasteiger partial charge in [0.2, 0.25) is 5.95 Å². The van der Waals surface area contributed by atoms with Gasteiger partial charge in [0, 0.05) is 12.3 Å². The SMILES string of the molecule is Cc1cc(Cl)nc(NC(=O)C2CCCO2)n1. The molecular weight excluding hydrogens is 230 g/mol. The van der Waals surface area contributed by atoms with E-state index in [1.807, 2.05) is 0 Å². The summed E-state index contributed by atoms with van der Waals surface area (Å²) in [6.45, 7) is 2.42. The molecule has 0 aliphatic carbocycles. The van der Waals surface area contributed by atoms with Gasteiger partial charge in [0.05, 0.1) is 0 Å². The van der Waals surface area contributed by atoms with Crippen LogP contribution in [0.1, 0.15) is 18.5 Å². The van der Waals surface area contributed by atoms with Crippen molar-refractivity contribution in [1.29, 1.82) is 0 Å². The Bertz CT molecular complexity index is 385. The van der Waals surface area contributed by atoms with Crippen molar-refractivity contribution in [3.8, 4) is 0 Å². The third-order valence-corrected chi connectivity index (χ3v) is 2.47. The van der Waals surface area contributed by atoms with Crippen molar-refractivity contribution >= 4 is 23.5 Å². The van der Waals surface area contributed by atoms with Crippen molar-refractivity contribution in [2.45, 2.75) is 25.9 Å². The zero-order valence-electron chi connectivity index (χ0n) is 8.86. The minimum Gasteiger partial charge on any atom is -0.368 e. The molecule has 1 aliphatic heterocycles. The van der Waals surface area contributed by atoms with Crippen LogP contribution in [0.4, 0.5) is 5.95 Å². The molecule has 0 radical (unpaired) electrons. The summed E-state index contributed by atoms with van der Waals surface area (Å²) in [4.78, 5) is 19.7. The van der Waals surface area contributed by atoms with Crippen LogP contribution < -0.4 is 5.32 Å². The molecule has 2 rings (SSSR count). The van der Waals surface area contributed by atoms with E-state index < -0.39 is 0 Å². The molecule has 6 heteroatoms. The van der Waals surface area contributed by atoms with Gasteiger partial charge in [0.25, 0.3) is 5.91 Å². The minimum absolute atomic E-state index is 0.209. The summed E-state index contributed by atoms with van der Waals surface area (Å²) in [7, 11) is 0. The number of anilines is 1. The first-order valence-electron chi connectivity index (χ1n) is 5.09. The predicted octanol–water partition coefficient (Wildman–Crippen LogP) is 1.56. The van der Waals surface area contributed by atoms with E-state index in [-0.39, 0.29) is 18.0 Å². The molecule has 1 saturated heterocycles. The van der Waals surface area contributed by atoms with Crippen LogP contribution in [0.2, 0.25) is 5.15 Å². The fourth-order valence-electron chi connectivity index (χ4n) is 1.56. The topological polar surface area (TPSA) is 64.1 Å². The van der Waals surface area contributed by atoms with Gasteiger partial charge >= 0.3 is 0 Å². The lowest BCUT2D eigenvalue weighted by Crippen LogP contribution is -2.27. The van der Waals surface area contributed by atoms with Crippen molar-refractivity contribution in [1.82, 2.24) is 9.97 Å². The number of amides is 1. The molecule has 1 unspecified atom stereocenters. The van der Waals surface area contributed by atoms with E-state index in [4.69, 9.17) is 16.3 Å². The molecule has 1 amide bonds. The lowest BCUT2D eigenvalue weighted by Gasteiger charge is -2.09. The molecule has 1 fully saturated rings. The van der Waals surface area contributed by atoms with Crippen LogP contribution in [0, 0.1) is 6.92 Å². The van der Waals surface area contributed by atoms with E-state index in [1.54, 1.807) is 13.0 Å². The summed E-state index contributed by atoms with van der Waals surface area (Å²) in [5, 5.41) is 2.91. The van der Waals surface area contributed by atoms with Crippen LogP contribution in [0.25, 0.3) is 0 Å². The van der Waals surface area contributed by atoms with Crippen LogP contribution in [0.5, 0.6) is 0 Å². The maximum Gasteiger partial charge on any atom is 0.255 e. The first kappa shape index (κ1) is 11.3. The molecule has 5 nitrogen and oxygen atoms in total. The molecule has 0 aromatic carbocycles. The summed E-state index contributed by atoms with van der Waals surface area (Å²) in [5.74, 6) is 0.0182. The number of halogens is 1. The van der Waals surface area contributed by atoms with Crippen molar-refractivity contribution in [2.24, 2.45) is 0 Å². The van der Waals surface area contributed by atoms with Crippen molar-refractivity contribution < 1.29 is 9.53 Å². The summed E-state index contributed by atoms with van der Waals surface area (Å²) in [6.07, 6.45) is 1.27. The fourth-order valence-corrected chi connectivity index (χ4v) is 1.80. The number of aryl methyl sites for hydroxylation is 1. The highest BCUT2D eigenvalue weighted by atomic mass is 35.5. The average molecular weight is 242 g/mol. The molecule has 0 bridgehead atoms. The molecular formula is C10H12ClN3O2. The summed E-state index contributed by atoms with van der Waals surface area (Å²) in [6, 6.07) is 1.63. The summed E-state index contributed by atoms with van der Waals surface area (Å²) < 4.78 is 5.25. The Morgan fingerprint density at radius 2 is 2.44 bits per heavy atom. The first-order chi connectivity index (χ1) is 7.65. The predicted molar refractivity (Wildman–Crippen MR) is 59.4 cm³/mol. The van der Waals surface area contributed by atoms with E-state index in [2.05, 4.69) is 15.3 Å². The summed E-state index contributed by atoms with van der Waals surface area (Å²) >= 11 is 5.76. The second kappa shape index (κ2) is 4.76. The van der Waals surface area contributed by atoms with E-state index >= 15 is 0 Å². The first-order valence-corrected chi connectivity index (χ1v) is 5.46. The lowest BCUT2D eigenvalue weighted by atomic mass is 10.2. The van der Waals surface area contributed by atoms with Gasteiger partial charge in [-0.15, -0.1) is 0 Å². The second-order valence-corrected chi connectivity index (χ2v) is 4.03. The van der Waals surface area contributed by atoms with E-state index in [9.17, 15) is 4.79 Å². The fraction of sp³-hybridized carbons (Fsp3) is 0.500. The van der Waals surface area contributed by atoms with Gasteiger partial charge in [-0.3, -0.25) is 10.1 Å². The Kier molecular flexibility index (Phi) is 3.36. The number of carbonyl (C=O) groups excluding carboxylic acids is 1. The number of ether oxygens (including phenoxy) is 1. The molecule has 1 aromatic heterocycles. The summed E-state index contributed by atoms with van der Waals surface area (Å²) in [5.41, 5.74) is 0.711. The van der Waals surface area contributed by atoms with Gasteiger partial charge in [-0.2, -0.15) is 0 Å². The maximum atomic E-state index is 11.7. The van der Waals surface area contributed by atoms with Gasteiger partial charge in [0.15, 0.2) is 0 Å². The van der Waals surface area contributed by atoms with Crippen LogP contribution >= 0.6 is 11.6 Å². The maximum absolute atomic E-state index is 11.7. The van der Waals surface area contributed by atoms with Crippen molar-refractivity contribution in [3.63, 3.8) is 0 Å². The smallest absolute Gasteiger partial charge is 0.255 e. The molecule has 0 saturated carbocycles. The second-order valence-electron chi connectivity index (χ2n) is 3.65. The lowest BCUT2D eigenvalue weighted by molar-refractivity contribution is -0.124. The van der Waals surface area contributed by atoms with E-state index in [0.717, 1.165) is 12.8 Å². The number of nitrogens with one attached hydrogen (secondary N) is 1. The molecule has 1 aliphatic rings. The van der Waals surface area contributed by atoms with Gasteiger partial charge in [-0.1, -0.05) is 11.6 Å². The molecule has 2 heterocycles. The number of carbonyl (C=O) groups is 1. The van der Waals surface area contributed by atoms with Gasteiger partial charge in [0.1, 0.15) is 11.3 Å². The monoisotopic (exact) mass is 241 g/mol. The quantitative estimate of drug-likeness (QED) is 0.798. The number of rotatable bonds is 2. The van der Waals surface area contributed by atoms with Crippen LogP contribution in [-0.4, -0.2) is 28.6 Å². The molecule has 1 N–H and O–H groups in total. The zero-order valence-corrected chi connectivity index (χ0v) is 9.62. The molecule has 1 aromatic rings. The highest BCUT2D eigenvalue weighted by molar-refractivity contribution is 6.29. The number of hydrogen-bond donors (Lipinski definition) is 1. The molecule has 0 spiro atoms.